The molecule has 3 heteroatoms. The number of aliphatic hydroxyl groups excluding tert-OH is 1. The topological polar surface area (TPSA) is 38.0 Å². The van der Waals surface area contributed by atoms with E-state index in [1.54, 1.807) is 0 Å². The van der Waals surface area contributed by atoms with Gasteiger partial charge in [-0.25, -0.2) is 0 Å². The Morgan fingerprint density at radius 3 is 2.79 bits per heavy atom. The van der Waals surface area contributed by atoms with E-state index in [2.05, 4.69) is 16.9 Å². The van der Waals surface area contributed by atoms with Crippen molar-refractivity contribution in [3.63, 3.8) is 0 Å². The average Bonchev–Trinajstić information content (AvgIpc) is 2.88. The number of aliphatic hydroxyl groups is 1. The zero-order valence-electron chi connectivity index (χ0n) is 11.6. The number of hydrogen-bond acceptors (Lipinski definition) is 2. The van der Waals surface area contributed by atoms with Crippen LogP contribution in [0, 0.1) is 0 Å². The lowest BCUT2D eigenvalue weighted by Gasteiger charge is -2.22. The van der Waals surface area contributed by atoms with E-state index >= 15 is 0 Å². The molecule has 0 radical (unpaired) electrons. The summed E-state index contributed by atoms with van der Waals surface area (Å²) >= 11 is 0. The Morgan fingerprint density at radius 1 is 1.16 bits per heavy atom. The lowest BCUT2D eigenvalue weighted by molar-refractivity contribution is 0.201. The molecule has 1 unspecified atom stereocenters. The van der Waals surface area contributed by atoms with Gasteiger partial charge in [-0.2, -0.15) is 5.10 Å². The SMILES string of the molecule is OC1C=C(Cc2ccn(C3CCCCC3)n2)CCC1. The monoisotopic (exact) mass is 260 g/mol. The Kier molecular flexibility index (Phi) is 4.02. The molecule has 1 aromatic rings. The van der Waals surface area contributed by atoms with Gasteiger partial charge in [0.25, 0.3) is 0 Å². The summed E-state index contributed by atoms with van der Waals surface area (Å²) in [6, 6.07) is 2.77. The number of allylic oxidation sites excluding steroid dienone is 1. The Morgan fingerprint density at radius 2 is 2.00 bits per heavy atom. The summed E-state index contributed by atoms with van der Waals surface area (Å²) in [7, 11) is 0. The first kappa shape index (κ1) is 12.9. The zero-order valence-corrected chi connectivity index (χ0v) is 11.6. The van der Waals surface area contributed by atoms with Crippen LogP contribution in [-0.2, 0) is 6.42 Å². The second kappa shape index (κ2) is 5.91. The molecule has 19 heavy (non-hydrogen) atoms. The molecule has 3 nitrogen and oxygen atoms in total. The summed E-state index contributed by atoms with van der Waals surface area (Å²) in [5.74, 6) is 0. The molecule has 0 saturated heterocycles. The van der Waals surface area contributed by atoms with E-state index < -0.39 is 0 Å². The molecule has 0 spiro atoms. The molecular formula is C16H24N2O. The van der Waals surface area contributed by atoms with Crippen molar-refractivity contribution in [1.82, 2.24) is 9.78 Å². The molecule has 104 valence electrons. The van der Waals surface area contributed by atoms with Crippen molar-refractivity contribution in [3.05, 3.63) is 29.6 Å². The highest BCUT2D eigenvalue weighted by Gasteiger charge is 2.17. The van der Waals surface area contributed by atoms with Crippen LogP contribution >= 0.6 is 0 Å². The minimum atomic E-state index is -0.232. The van der Waals surface area contributed by atoms with E-state index in [0.29, 0.717) is 6.04 Å². The van der Waals surface area contributed by atoms with Crippen molar-refractivity contribution >= 4 is 0 Å². The molecule has 0 amide bonds. The van der Waals surface area contributed by atoms with Crippen LogP contribution in [0.3, 0.4) is 0 Å². The smallest absolute Gasteiger partial charge is 0.0723 e. The van der Waals surface area contributed by atoms with E-state index in [9.17, 15) is 5.11 Å². The summed E-state index contributed by atoms with van der Waals surface area (Å²) in [5.41, 5.74) is 2.51. The van der Waals surface area contributed by atoms with Gasteiger partial charge in [-0.3, -0.25) is 4.68 Å². The minimum absolute atomic E-state index is 0.232. The molecule has 1 heterocycles. The minimum Gasteiger partial charge on any atom is -0.389 e. The Labute approximate surface area is 115 Å². The molecule has 1 atom stereocenters. The van der Waals surface area contributed by atoms with Gasteiger partial charge in [-0.05, 0) is 38.2 Å². The van der Waals surface area contributed by atoms with Crippen molar-refractivity contribution in [1.29, 1.82) is 0 Å². The highest BCUT2D eigenvalue weighted by atomic mass is 16.3. The van der Waals surface area contributed by atoms with Crippen LogP contribution in [0.2, 0.25) is 0 Å². The van der Waals surface area contributed by atoms with Crippen molar-refractivity contribution in [2.45, 2.75) is 69.9 Å². The van der Waals surface area contributed by atoms with Crippen molar-refractivity contribution in [3.8, 4) is 0 Å². The van der Waals surface area contributed by atoms with Crippen molar-refractivity contribution in [2.75, 3.05) is 0 Å². The van der Waals surface area contributed by atoms with Gasteiger partial charge in [0.15, 0.2) is 0 Å². The summed E-state index contributed by atoms with van der Waals surface area (Å²) in [6.45, 7) is 0. The van der Waals surface area contributed by atoms with Crippen molar-refractivity contribution < 1.29 is 5.11 Å². The van der Waals surface area contributed by atoms with E-state index in [1.165, 1.54) is 37.7 Å². The van der Waals surface area contributed by atoms with Gasteiger partial charge in [0.2, 0.25) is 0 Å². The maximum absolute atomic E-state index is 9.66. The van der Waals surface area contributed by atoms with Gasteiger partial charge in [-0.1, -0.05) is 30.9 Å². The van der Waals surface area contributed by atoms with Gasteiger partial charge in [-0.15, -0.1) is 0 Å². The molecule has 1 fully saturated rings. The molecule has 3 rings (SSSR count). The van der Waals surface area contributed by atoms with Gasteiger partial charge < -0.3 is 5.11 Å². The molecule has 1 aromatic heterocycles. The maximum atomic E-state index is 9.66. The maximum Gasteiger partial charge on any atom is 0.0723 e. The third-order valence-corrected chi connectivity index (χ3v) is 4.45. The molecule has 1 N–H and O–H groups in total. The fourth-order valence-corrected chi connectivity index (χ4v) is 3.38. The van der Waals surface area contributed by atoms with Crippen LogP contribution in [0.25, 0.3) is 0 Å². The third kappa shape index (κ3) is 3.27. The number of hydrogen-bond donors (Lipinski definition) is 1. The zero-order chi connectivity index (χ0) is 13.1. The Bertz CT molecular complexity index is 443. The normalized spacial score (nSPS) is 25.3. The molecule has 2 aliphatic carbocycles. The summed E-state index contributed by atoms with van der Waals surface area (Å²) in [5, 5.41) is 14.4. The van der Waals surface area contributed by atoms with Crippen LogP contribution < -0.4 is 0 Å². The molecule has 0 bridgehead atoms. The van der Waals surface area contributed by atoms with Gasteiger partial charge in [0.1, 0.15) is 0 Å². The Balaban J connectivity index is 1.64. The average molecular weight is 260 g/mol. The number of nitrogens with zero attached hydrogens (tertiary/aromatic N) is 2. The molecule has 0 aromatic carbocycles. The summed E-state index contributed by atoms with van der Waals surface area (Å²) in [4.78, 5) is 0. The third-order valence-electron chi connectivity index (χ3n) is 4.45. The second-order valence-electron chi connectivity index (χ2n) is 6.04. The molecule has 2 aliphatic rings. The van der Waals surface area contributed by atoms with Gasteiger partial charge in [0.05, 0.1) is 17.8 Å². The fraction of sp³-hybridized carbons (Fsp3) is 0.688. The predicted molar refractivity (Wildman–Crippen MR) is 76.0 cm³/mol. The fourth-order valence-electron chi connectivity index (χ4n) is 3.38. The standard InChI is InChI=1S/C16H24N2O/c19-16-8-4-5-13(12-16)11-14-9-10-18(17-14)15-6-2-1-3-7-15/h9-10,12,15-16,19H,1-8,11H2. The van der Waals surface area contributed by atoms with Gasteiger partial charge >= 0.3 is 0 Å². The van der Waals surface area contributed by atoms with E-state index in [-0.39, 0.29) is 6.10 Å². The predicted octanol–water partition coefficient (Wildman–Crippen LogP) is 3.40. The highest BCUT2D eigenvalue weighted by molar-refractivity contribution is 5.17. The van der Waals surface area contributed by atoms with E-state index in [4.69, 9.17) is 5.10 Å². The summed E-state index contributed by atoms with van der Waals surface area (Å²) in [6.07, 6.45) is 14.6. The quantitative estimate of drug-likeness (QED) is 0.846. The Hall–Kier alpha value is -1.09. The summed E-state index contributed by atoms with van der Waals surface area (Å²) < 4.78 is 2.17. The first-order valence-corrected chi connectivity index (χ1v) is 7.73. The van der Waals surface area contributed by atoms with Crippen molar-refractivity contribution in [2.24, 2.45) is 0 Å². The number of rotatable bonds is 3. The molecular weight excluding hydrogens is 236 g/mol. The first-order chi connectivity index (χ1) is 9.31. The van der Waals surface area contributed by atoms with Crippen LogP contribution in [0.5, 0.6) is 0 Å². The lowest BCUT2D eigenvalue weighted by Crippen LogP contribution is -2.14. The van der Waals surface area contributed by atoms with Crippen LogP contribution in [0.1, 0.15) is 63.1 Å². The number of aromatic nitrogens is 2. The highest BCUT2D eigenvalue weighted by Crippen LogP contribution is 2.28. The first-order valence-electron chi connectivity index (χ1n) is 7.73. The van der Waals surface area contributed by atoms with Crippen LogP contribution in [0.15, 0.2) is 23.9 Å². The lowest BCUT2D eigenvalue weighted by atomic mass is 9.94. The molecule has 0 aliphatic heterocycles. The van der Waals surface area contributed by atoms with Crippen LogP contribution in [0.4, 0.5) is 0 Å². The van der Waals surface area contributed by atoms with Gasteiger partial charge in [0, 0.05) is 12.6 Å². The van der Waals surface area contributed by atoms with E-state index in [1.807, 2.05) is 6.08 Å². The second-order valence-corrected chi connectivity index (χ2v) is 6.04. The van der Waals surface area contributed by atoms with E-state index in [0.717, 1.165) is 31.4 Å². The molecule has 1 saturated carbocycles. The largest absolute Gasteiger partial charge is 0.389 e. The van der Waals surface area contributed by atoms with Crippen LogP contribution in [-0.4, -0.2) is 21.0 Å².